The Kier molecular flexibility index (Phi) is 4.60. The van der Waals surface area contributed by atoms with Crippen LogP contribution in [0.1, 0.15) is 18.4 Å². The average Bonchev–Trinajstić information content (AvgIpc) is 3.02. The van der Waals surface area contributed by atoms with Crippen LogP contribution in [0.4, 0.5) is 0 Å². The van der Waals surface area contributed by atoms with Gasteiger partial charge in [-0.2, -0.15) is 0 Å². The highest BCUT2D eigenvalue weighted by Gasteiger charge is 2.32. The maximum atomic E-state index is 12.3. The number of carbonyl (C=O) groups is 3. The molecule has 3 rings (SSSR count). The maximum absolute atomic E-state index is 12.3. The smallest absolute Gasteiger partial charge is 0.245 e. The minimum absolute atomic E-state index is 0.0222. The van der Waals surface area contributed by atoms with Crippen LogP contribution >= 0.6 is 0 Å². The van der Waals surface area contributed by atoms with Crippen molar-refractivity contribution in [3.05, 3.63) is 35.9 Å². The number of hydrogen-bond donors (Lipinski definition) is 1. The molecule has 3 amide bonds. The van der Waals surface area contributed by atoms with E-state index in [0.717, 1.165) is 5.56 Å². The molecule has 1 N–H and O–H groups in total. The summed E-state index contributed by atoms with van der Waals surface area (Å²) < 4.78 is 0. The van der Waals surface area contributed by atoms with E-state index in [-0.39, 0.29) is 23.8 Å². The number of nitrogens with one attached hydrogen (secondary N) is 1. The summed E-state index contributed by atoms with van der Waals surface area (Å²) >= 11 is 0. The summed E-state index contributed by atoms with van der Waals surface area (Å²) in [4.78, 5) is 39.4. The van der Waals surface area contributed by atoms with Gasteiger partial charge >= 0.3 is 0 Å². The van der Waals surface area contributed by atoms with Gasteiger partial charge < -0.3 is 15.1 Å². The Labute approximate surface area is 135 Å². The number of amides is 3. The molecule has 2 fully saturated rings. The van der Waals surface area contributed by atoms with Crippen molar-refractivity contribution in [1.29, 1.82) is 0 Å². The van der Waals surface area contributed by atoms with E-state index in [2.05, 4.69) is 5.32 Å². The zero-order chi connectivity index (χ0) is 16.2. The molecular formula is C17H21N3O3. The van der Waals surface area contributed by atoms with Gasteiger partial charge in [0, 0.05) is 32.6 Å². The molecule has 23 heavy (non-hydrogen) atoms. The van der Waals surface area contributed by atoms with E-state index >= 15 is 0 Å². The summed E-state index contributed by atoms with van der Waals surface area (Å²) in [6.45, 7) is 2.17. The molecule has 1 aromatic rings. The van der Waals surface area contributed by atoms with Crippen molar-refractivity contribution in [2.75, 3.05) is 26.2 Å². The van der Waals surface area contributed by atoms with Crippen molar-refractivity contribution in [3.8, 4) is 0 Å². The minimum atomic E-state index is -0.380. The van der Waals surface area contributed by atoms with Crippen LogP contribution in [0.2, 0.25) is 0 Å². The molecule has 0 bridgehead atoms. The Bertz CT molecular complexity index is 594. The third-order valence-electron chi connectivity index (χ3n) is 4.44. The maximum Gasteiger partial charge on any atom is 0.245 e. The second kappa shape index (κ2) is 6.81. The van der Waals surface area contributed by atoms with Crippen molar-refractivity contribution in [1.82, 2.24) is 15.1 Å². The number of piperazine rings is 1. The van der Waals surface area contributed by atoms with Gasteiger partial charge in [-0.15, -0.1) is 0 Å². The second-order valence-corrected chi connectivity index (χ2v) is 6.03. The monoisotopic (exact) mass is 315 g/mol. The first kappa shape index (κ1) is 15.5. The van der Waals surface area contributed by atoms with E-state index in [4.69, 9.17) is 0 Å². The first-order valence-corrected chi connectivity index (χ1v) is 8.03. The molecule has 2 saturated heterocycles. The van der Waals surface area contributed by atoms with E-state index in [9.17, 15) is 14.4 Å². The minimum Gasteiger partial charge on any atom is -0.344 e. The number of nitrogens with zero attached hydrogens (tertiary/aromatic N) is 2. The molecule has 1 unspecified atom stereocenters. The van der Waals surface area contributed by atoms with Crippen molar-refractivity contribution < 1.29 is 14.4 Å². The lowest BCUT2D eigenvalue weighted by Gasteiger charge is -2.36. The van der Waals surface area contributed by atoms with Crippen LogP contribution in [0.3, 0.4) is 0 Å². The Morgan fingerprint density at radius 3 is 2.30 bits per heavy atom. The topological polar surface area (TPSA) is 69.7 Å². The van der Waals surface area contributed by atoms with Crippen LogP contribution < -0.4 is 5.32 Å². The number of rotatable bonds is 3. The lowest BCUT2D eigenvalue weighted by atomic mass is 10.1. The standard InChI is InChI=1S/C17H21N3O3/c21-15-7-6-14(18-15)17(23)20-10-8-19(9-11-20)16(22)12-13-4-2-1-3-5-13/h1-5,14H,6-12H2,(H,18,21). The summed E-state index contributed by atoms with van der Waals surface area (Å²) in [7, 11) is 0. The molecule has 0 radical (unpaired) electrons. The predicted molar refractivity (Wildman–Crippen MR) is 84.5 cm³/mol. The fraction of sp³-hybridized carbons (Fsp3) is 0.471. The van der Waals surface area contributed by atoms with Gasteiger partial charge in [0.05, 0.1) is 6.42 Å². The van der Waals surface area contributed by atoms with Crippen LogP contribution in [0.5, 0.6) is 0 Å². The van der Waals surface area contributed by atoms with Crippen molar-refractivity contribution >= 4 is 17.7 Å². The van der Waals surface area contributed by atoms with E-state index < -0.39 is 0 Å². The second-order valence-electron chi connectivity index (χ2n) is 6.03. The summed E-state index contributed by atoms with van der Waals surface area (Å²) in [5, 5.41) is 2.71. The molecule has 2 aliphatic heterocycles. The lowest BCUT2D eigenvalue weighted by Crippen LogP contribution is -2.54. The highest BCUT2D eigenvalue weighted by molar-refractivity contribution is 5.91. The van der Waals surface area contributed by atoms with Gasteiger partial charge in [-0.1, -0.05) is 30.3 Å². The molecule has 0 spiro atoms. The molecule has 6 heteroatoms. The summed E-state index contributed by atoms with van der Waals surface area (Å²) in [6, 6.07) is 9.29. The normalized spacial score (nSPS) is 21.2. The van der Waals surface area contributed by atoms with Crippen LogP contribution in [0, 0.1) is 0 Å². The van der Waals surface area contributed by atoms with Crippen molar-refractivity contribution in [2.45, 2.75) is 25.3 Å². The van der Waals surface area contributed by atoms with Gasteiger partial charge in [0.1, 0.15) is 6.04 Å². The largest absolute Gasteiger partial charge is 0.344 e. The fourth-order valence-electron chi connectivity index (χ4n) is 3.08. The predicted octanol–water partition coefficient (Wildman–Crippen LogP) is 0.179. The first-order valence-electron chi connectivity index (χ1n) is 8.03. The van der Waals surface area contributed by atoms with E-state index in [1.54, 1.807) is 4.90 Å². The number of carbonyl (C=O) groups excluding carboxylic acids is 3. The molecule has 1 aromatic carbocycles. The summed E-state index contributed by atoms with van der Waals surface area (Å²) in [5.74, 6) is 0.0171. The number of hydrogen-bond acceptors (Lipinski definition) is 3. The van der Waals surface area contributed by atoms with Gasteiger partial charge in [-0.3, -0.25) is 14.4 Å². The lowest BCUT2D eigenvalue weighted by molar-refractivity contribution is -0.140. The SMILES string of the molecule is O=C1CCC(C(=O)N2CCN(C(=O)Cc3ccccc3)CC2)N1. The molecule has 0 saturated carbocycles. The Balaban J connectivity index is 1.49. The third kappa shape index (κ3) is 3.70. The molecule has 2 heterocycles. The Hall–Kier alpha value is -2.37. The summed E-state index contributed by atoms with van der Waals surface area (Å²) in [6.07, 6.45) is 1.39. The average molecular weight is 315 g/mol. The third-order valence-corrected chi connectivity index (χ3v) is 4.44. The van der Waals surface area contributed by atoms with Gasteiger partial charge in [-0.25, -0.2) is 0 Å². The zero-order valence-electron chi connectivity index (χ0n) is 13.0. The molecule has 2 aliphatic rings. The molecular weight excluding hydrogens is 294 g/mol. The van der Waals surface area contributed by atoms with Gasteiger partial charge in [0.15, 0.2) is 0 Å². The molecule has 6 nitrogen and oxygen atoms in total. The highest BCUT2D eigenvalue weighted by atomic mass is 16.2. The van der Waals surface area contributed by atoms with Gasteiger partial charge in [0.25, 0.3) is 0 Å². The fourth-order valence-corrected chi connectivity index (χ4v) is 3.08. The molecule has 0 aromatic heterocycles. The van der Waals surface area contributed by atoms with Crippen LogP contribution in [-0.2, 0) is 20.8 Å². The van der Waals surface area contributed by atoms with Crippen molar-refractivity contribution in [3.63, 3.8) is 0 Å². The van der Waals surface area contributed by atoms with Gasteiger partial charge in [0.2, 0.25) is 17.7 Å². The Morgan fingerprint density at radius 2 is 1.70 bits per heavy atom. The highest BCUT2D eigenvalue weighted by Crippen LogP contribution is 2.13. The van der Waals surface area contributed by atoms with Gasteiger partial charge in [-0.05, 0) is 12.0 Å². The van der Waals surface area contributed by atoms with E-state index in [1.165, 1.54) is 0 Å². The molecule has 0 aliphatic carbocycles. The van der Waals surface area contributed by atoms with E-state index in [1.807, 2.05) is 35.2 Å². The molecule has 122 valence electrons. The number of benzene rings is 1. The van der Waals surface area contributed by atoms with Crippen LogP contribution in [0.15, 0.2) is 30.3 Å². The Morgan fingerprint density at radius 1 is 1.04 bits per heavy atom. The van der Waals surface area contributed by atoms with E-state index in [0.29, 0.717) is 45.4 Å². The first-order chi connectivity index (χ1) is 11.1. The van der Waals surface area contributed by atoms with Crippen LogP contribution in [0.25, 0.3) is 0 Å². The molecule has 1 atom stereocenters. The van der Waals surface area contributed by atoms with Crippen LogP contribution in [-0.4, -0.2) is 59.7 Å². The summed E-state index contributed by atoms with van der Waals surface area (Å²) in [5.41, 5.74) is 1.00. The zero-order valence-corrected chi connectivity index (χ0v) is 13.0. The van der Waals surface area contributed by atoms with Crippen molar-refractivity contribution in [2.24, 2.45) is 0 Å². The quantitative estimate of drug-likeness (QED) is 0.865.